The maximum absolute atomic E-state index is 12.8. The van der Waals surface area contributed by atoms with E-state index in [1.54, 1.807) is 6.07 Å². The quantitative estimate of drug-likeness (QED) is 0.633. The Bertz CT molecular complexity index is 1200. The Labute approximate surface area is 162 Å². The van der Waals surface area contributed by atoms with Crippen molar-refractivity contribution in [3.63, 3.8) is 0 Å². The van der Waals surface area contributed by atoms with E-state index in [1.807, 2.05) is 4.90 Å². The Hall–Kier alpha value is -1.93. The van der Waals surface area contributed by atoms with Gasteiger partial charge in [0.2, 0.25) is 0 Å². The molecule has 1 aliphatic heterocycles. The fraction of sp³-hybridized carbons (Fsp3) is 0.235. The summed E-state index contributed by atoms with van der Waals surface area (Å²) < 4.78 is 5.88. The van der Waals surface area contributed by atoms with E-state index in [0.717, 1.165) is 5.69 Å². The fourth-order valence-electron chi connectivity index (χ4n) is 3.20. The summed E-state index contributed by atoms with van der Waals surface area (Å²) in [5.41, 5.74) is 1.91. The van der Waals surface area contributed by atoms with Crippen LogP contribution in [0.2, 0.25) is 10.0 Å². The standard InChI is InChI=1S/C17H13Cl2N3O3S/c18-9-3-10-14(23)8(7-25-15(10)12(19)4-9)5-22-2-1-13-11(6-22)16(24)21-17(26)20-13/h3-4,7H,1-2,5-6H2,(H2,20,21,24,26). The van der Waals surface area contributed by atoms with Crippen LogP contribution in [0, 0.1) is 4.77 Å². The van der Waals surface area contributed by atoms with E-state index in [2.05, 4.69) is 9.97 Å². The first kappa shape index (κ1) is 17.5. The van der Waals surface area contributed by atoms with E-state index < -0.39 is 0 Å². The summed E-state index contributed by atoms with van der Waals surface area (Å²) in [7, 11) is 0. The summed E-state index contributed by atoms with van der Waals surface area (Å²) in [6, 6.07) is 3.08. The first-order valence-electron chi connectivity index (χ1n) is 7.88. The molecule has 1 aliphatic rings. The molecule has 1 aromatic carbocycles. The molecule has 0 amide bonds. The molecule has 2 N–H and O–H groups in total. The van der Waals surface area contributed by atoms with Crippen molar-refractivity contribution >= 4 is 46.4 Å². The second-order valence-electron chi connectivity index (χ2n) is 6.18. The molecule has 0 radical (unpaired) electrons. The fourth-order valence-corrected chi connectivity index (χ4v) is 3.96. The Morgan fingerprint density at radius 2 is 2.04 bits per heavy atom. The maximum atomic E-state index is 12.8. The molecule has 3 aromatic rings. The Morgan fingerprint density at radius 1 is 1.23 bits per heavy atom. The molecule has 0 fully saturated rings. The third-order valence-electron chi connectivity index (χ3n) is 4.45. The van der Waals surface area contributed by atoms with Crippen molar-refractivity contribution in [3.05, 3.63) is 70.6 Å². The minimum absolute atomic E-state index is 0.178. The van der Waals surface area contributed by atoms with Crippen LogP contribution in [0.15, 0.2) is 32.4 Å². The van der Waals surface area contributed by atoms with Crippen molar-refractivity contribution in [2.24, 2.45) is 0 Å². The van der Waals surface area contributed by atoms with Crippen LogP contribution in [0.25, 0.3) is 11.0 Å². The summed E-state index contributed by atoms with van der Waals surface area (Å²) >= 11 is 17.1. The van der Waals surface area contributed by atoms with Crippen LogP contribution in [0.4, 0.5) is 0 Å². The average molecular weight is 410 g/mol. The average Bonchev–Trinajstić information content (AvgIpc) is 2.58. The number of fused-ring (bicyclic) bond motifs is 2. The van der Waals surface area contributed by atoms with Crippen LogP contribution < -0.4 is 11.0 Å². The number of nitrogens with zero attached hydrogens (tertiary/aromatic N) is 1. The Balaban J connectivity index is 1.68. The summed E-state index contributed by atoms with van der Waals surface area (Å²) in [4.78, 5) is 32.5. The first-order chi connectivity index (χ1) is 12.4. The molecule has 134 valence electrons. The molecule has 0 spiro atoms. The van der Waals surface area contributed by atoms with Gasteiger partial charge in [0.05, 0.1) is 22.2 Å². The number of rotatable bonds is 2. The molecule has 0 saturated heterocycles. The van der Waals surface area contributed by atoms with E-state index in [1.165, 1.54) is 12.3 Å². The lowest BCUT2D eigenvalue weighted by molar-refractivity contribution is 0.239. The Morgan fingerprint density at radius 3 is 2.85 bits per heavy atom. The molecule has 6 nitrogen and oxygen atoms in total. The smallest absolute Gasteiger partial charge is 0.256 e. The van der Waals surface area contributed by atoms with Gasteiger partial charge in [-0.15, -0.1) is 0 Å². The third kappa shape index (κ3) is 3.12. The zero-order valence-corrected chi connectivity index (χ0v) is 15.7. The molecule has 3 heterocycles. The lowest BCUT2D eigenvalue weighted by atomic mass is 10.1. The molecule has 0 bridgehead atoms. The zero-order chi connectivity index (χ0) is 18.4. The maximum Gasteiger partial charge on any atom is 0.256 e. The van der Waals surface area contributed by atoms with Crippen LogP contribution in [0.1, 0.15) is 16.8 Å². The van der Waals surface area contributed by atoms with Crippen molar-refractivity contribution in [1.29, 1.82) is 0 Å². The highest BCUT2D eigenvalue weighted by atomic mass is 35.5. The van der Waals surface area contributed by atoms with Crippen LogP contribution in [-0.4, -0.2) is 21.4 Å². The van der Waals surface area contributed by atoms with Gasteiger partial charge in [-0.1, -0.05) is 23.2 Å². The number of benzene rings is 1. The van der Waals surface area contributed by atoms with Crippen molar-refractivity contribution in [3.8, 4) is 0 Å². The van der Waals surface area contributed by atoms with E-state index in [-0.39, 0.29) is 11.0 Å². The van der Waals surface area contributed by atoms with E-state index in [9.17, 15) is 9.59 Å². The van der Waals surface area contributed by atoms with Crippen LogP contribution in [0.3, 0.4) is 0 Å². The van der Waals surface area contributed by atoms with Gasteiger partial charge in [0, 0.05) is 42.3 Å². The number of halogens is 2. The molecular formula is C17H13Cl2N3O3S. The lowest BCUT2D eigenvalue weighted by Gasteiger charge is -2.27. The number of H-pyrrole nitrogens is 2. The van der Waals surface area contributed by atoms with E-state index in [0.29, 0.717) is 63.0 Å². The number of hydrogen-bond acceptors (Lipinski definition) is 5. The number of aromatic nitrogens is 2. The van der Waals surface area contributed by atoms with Crippen molar-refractivity contribution in [2.45, 2.75) is 19.5 Å². The molecule has 0 atom stereocenters. The van der Waals surface area contributed by atoms with Gasteiger partial charge in [0.1, 0.15) is 0 Å². The van der Waals surface area contributed by atoms with E-state index in [4.69, 9.17) is 39.8 Å². The van der Waals surface area contributed by atoms with Gasteiger partial charge < -0.3 is 9.40 Å². The number of aromatic amines is 2. The van der Waals surface area contributed by atoms with Gasteiger partial charge in [0.25, 0.3) is 5.56 Å². The molecule has 26 heavy (non-hydrogen) atoms. The number of hydrogen-bond donors (Lipinski definition) is 2. The summed E-state index contributed by atoms with van der Waals surface area (Å²) in [5, 5.41) is 1.02. The minimum atomic E-state index is -0.197. The molecule has 0 aliphatic carbocycles. The zero-order valence-electron chi connectivity index (χ0n) is 13.4. The predicted molar refractivity (Wildman–Crippen MR) is 103 cm³/mol. The summed E-state index contributed by atoms with van der Waals surface area (Å²) in [6.07, 6.45) is 2.07. The summed E-state index contributed by atoms with van der Waals surface area (Å²) in [5.74, 6) is 0. The highest BCUT2D eigenvalue weighted by molar-refractivity contribution is 7.71. The van der Waals surface area contributed by atoms with Crippen LogP contribution in [-0.2, 0) is 19.5 Å². The van der Waals surface area contributed by atoms with E-state index >= 15 is 0 Å². The number of nitrogens with one attached hydrogen (secondary N) is 2. The van der Waals surface area contributed by atoms with Crippen molar-refractivity contribution < 1.29 is 4.42 Å². The minimum Gasteiger partial charge on any atom is -0.462 e. The normalized spacial score (nSPS) is 14.5. The lowest BCUT2D eigenvalue weighted by Crippen LogP contribution is -2.36. The highest BCUT2D eigenvalue weighted by Crippen LogP contribution is 2.26. The molecule has 0 unspecified atom stereocenters. The van der Waals surface area contributed by atoms with Crippen LogP contribution in [0.5, 0.6) is 0 Å². The SMILES string of the molecule is O=c1[nH]c(=S)[nH]c2c1CN(Cc1coc3c(Cl)cc(Cl)cc3c1=O)CC2. The van der Waals surface area contributed by atoms with Gasteiger partial charge in [-0.3, -0.25) is 19.5 Å². The van der Waals surface area contributed by atoms with Crippen molar-refractivity contribution in [1.82, 2.24) is 14.9 Å². The van der Waals surface area contributed by atoms with Gasteiger partial charge in [0.15, 0.2) is 15.8 Å². The predicted octanol–water partition coefficient (Wildman–Crippen LogP) is 3.40. The van der Waals surface area contributed by atoms with Gasteiger partial charge >= 0.3 is 0 Å². The van der Waals surface area contributed by atoms with Gasteiger partial charge in [-0.2, -0.15) is 0 Å². The molecule has 0 saturated carbocycles. The second-order valence-corrected chi connectivity index (χ2v) is 7.43. The Kier molecular flexibility index (Phi) is 4.48. The van der Waals surface area contributed by atoms with Gasteiger partial charge in [-0.25, -0.2) is 0 Å². The highest BCUT2D eigenvalue weighted by Gasteiger charge is 2.21. The molecule has 2 aromatic heterocycles. The summed E-state index contributed by atoms with van der Waals surface area (Å²) in [6.45, 7) is 1.47. The van der Waals surface area contributed by atoms with Gasteiger partial charge in [-0.05, 0) is 24.4 Å². The largest absolute Gasteiger partial charge is 0.462 e. The monoisotopic (exact) mass is 409 g/mol. The third-order valence-corrected chi connectivity index (χ3v) is 5.15. The first-order valence-corrected chi connectivity index (χ1v) is 9.05. The molecule has 9 heteroatoms. The molecular weight excluding hydrogens is 397 g/mol. The second kappa shape index (κ2) is 6.66. The topological polar surface area (TPSA) is 82.1 Å². The molecule has 4 rings (SSSR count). The van der Waals surface area contributed by atoms with Crippen molar-refractivity contribution in [2.75, 3.05) is 6.54 Å². The van der Waals surface area contributed by atoms with Crippen LogP contribution >= 0.6 is 35.4 Å².